The first kappa shape index (κ1) is 15.6. The molecule has 116 valence electrons. The second-order valence-electron chi connectivity index (χ2n) is 5.44. The van der Waals surface area contributed by atoms with Crippen LogP contribution < -0.4 is 4.90 Å². The normalized spacial score (nSPS) is 16.0. The molecule has 0 radical (unpaired) electrons. The second kappa shape index (κ2) is 6.86. The molecule has 1 aliphatic rings. The number of halogens is 3. The van der Waals surface area contributed by atoms with Crippen LogP contribution in [0.2, 0.25) is 10.0 Å². The zero-order chi connectivity index (χ0) is 15.5. The van der Waals surface area contributed by atoms with Crippen molar-refractivity contribution in [2.24, 2.45) is 0 Å². The van der Waals surface area contributed by atoms with Gasteiger partial charge in [-0.1, -0.05) is 35.3 Å². The van der Waals surface area contributed by atoms with E-state index in [9.17, 15) is 4.39 Å². The zero-order valence-corrected chi connectivity index (χ0v) is 13.6. The number of benzene rings is 2. The van der Waals surface area contributed by atoms with Crippen LogP contribution in [-0.4, -0.2) is 31.1 Å². The Hall–Kier alpha value is -1.29. The Balaban J connectivity index is 1.62. The molecule has 0 saturated carbocycles. The lowest BCUT2D eigenvalue weighted by molar-refractivity contribution is 0.246. The summed E-state index contributed by atoms with van der Waals surface area (Å²) in [6.45, 7) is 4.09. The van der Waals surface area contributed by atoms with Crippen LogP contribution in [-0.2, 0) is 6.54 Å². The molecule has 0 bridgehead atoms. The molecular weight excluding hydrogens is 322 g/mol. The molecule has 0 spiro atoms. The van der Waals surface area contributed by atoms with Gasteiger partial charge in [-0.2, -0.15) is 0 Å². The third-order valence-electron chi connectivity index (χ3n) is 3.99. The van der Waals surface area contributed by atoms with Crippen molar-refractivity contribution < 1.29 is 4.39 Å². The van der Waals surface area contributed by atoms with E-state index in [4.69, 9.17) is 23.2 Å². The molecule has 1 saturated heterocycles. The Bertz CT molecular complexity index is 635. The van der Waals surface area contributed by atoms with Crippen LogP contribution in [0.3, 0.4) is 0 Å². The van der Waals surface area contributed by atoms with Crippen molar-refractivity contribution in [2.45, 2.75) is 6.54 Å². The number of piperazine rings is 1. The van der Waals surface area contributed by atoms with E-state index in [2.05, 4.69) is 15.9 Å². The van der Waals surface area contributed by atoms with E-state index in [0.717, 1.165) is 36.9 Å². The Labute approximate surface area is 140 Å². The highest BCUT2D eigenvalue weighted by molar-refractivity contribution is 6.31. The predicted molar refractivity (Wildman–Crippen MR) is 90.4 cm³/mol. The Morgan fingerprint density at radius 2 is 1.68 bits per heavy atom. The van der Waals surface area contributed by atoms with Crippen molar-refractivity contribution >= 4 is 28.9 Å². The molecule has 2 aromatic rings. The van der Waals surface area contributed by atoms with E-state index in [1.54, 1.807) is 12.1 Å². The van der Waals surface area contributed by atoms with Gasteiger partial charge in [-0.25, -0.2) is 4.39 Å². The molecule has 1 fully saturated rings. The van der Waals surface area contributed by atoms with Crippen LogP contribution in [0.1, 0.15) is 5.56 Å². The number of hydrogen-bond acceptors (Lipinski definition) is 2. The number of anilines is 1. The molecular formula is C17H17Cl2FN2. The molecule has 2 nitrogen and oxygen atoms in total. The highest BCUT2D eigenvalue weighted by Gasteiger charge is 2.19. The summed E-state index contributed by atoms with van der Waals surface area (Å²) in [6.07, 6.45) is 0. The summed E-state index contributed by atoms with van der Waals surface area (Å²) in [5.41, 5.74) is 1.72. The topological polar surface area (TPSA) is 6.48 Å². The van der Waals surface area contributed by atoms with Crippen molar-refractivity contribution in [3.05, 3.63) is 63.9 Å². The number of rotatable bonds is 3. The smallest absolute Gasteiger partial charge is 0.129 e. The average Bonchev–Trinajstić information content (AvgIpc) is 2.52. The minimum absolute atomic E-state index is 0.232. The van der Waals surface area contributed by atoms with Gasteiger partial charge in [0, 0.05) is 54.0 Å². The summed E-state index contributed by atoms with van der Waals surface area (Å²) in [7, 11) is 0. The zero-order valence-electron chi connectivity index (χ0n) is 12.1. The lowest BCUT2D eigenvalue weighted by Gasteiger charge is -2.36. The van der Waals surface area contributed by atoms with Gasteiger partial charge in [-0.15, -0.1) is 0 Å². The van der Waals surface area contributed by atoms with Crippen molar-refractivity contribution in [3.63, 3.8) is 0 Å². The summed E-state index contributed by atoms with van der Waals surface area (Å²) >= 11 is 12.1. The van der Waals surface area contributed by atoms with Crippen molar-refractivity contribution in [1.29, 1.82) is 0 Å². The Morgan fingerprint density at radius 3 is 2.36 bits per heavy atom. The monoisotopic (exact) mass is 338 g/mol. The maximum absolute atomic E-state index is 13.9. The maximum atomic E-state index is 13.9. The van der Waals surface area contributed by atoms with Crippen molar-refractivity contribution in [3.8, 4) is 0 Å². The summed E-state index contributed by atoms with van der Waals surface area (Å²) in [4.78, 5) is 4.52. The van der Waals surface area contributed by atoms with Gasteiger partial charge in [0.05, 0.1) is 0 Å². The molecule has 22 heavy (non-hydrogen) atoms. The molecule has 1 aliphatic heterocycles. The van der Waals surface area contributed by atoms with Crippen LogP contribution in [0.15, 0.2) is 42.5 Å². The molecule has 0 aromatic heterocycles. The second-order valence-corrected chi connectivity index (χ2v) is 6.29. The van der Waals surface area contributed by atoms with Gasteiger partial charge >= 0.3 is 0 Å². The van der Waals surface area contributed by atoms with Crippen LogP contribution in [0.4, 0.5) is 10.1 Å². The third-order valence-corrected chi connectivity index (χ3v) is 4.58. The van der Waals surface area contributed by atoms with Crippen LogP contribution in [0.25, 0.3) is 0 Å². The molecule has 3 rings (SSSR count). The lowest BCUT2D eigenvalue weighted by atomic mass is 10.1. The van der Waals surface area contributed by atoms with Crippen molar-refractivity contribution in [1.82, 2.24) is 4.90 Å². The first-order valence-electron chi connectivity index (χ1n) is 7.29. The maximum Gasteiger partial charge on any atom is 0.129 e. The lowest BCUT2D eigenvalue weighted by Crippen LogP contribution is -2.46. The van der Waals surface area contributed by atoms with E-state index < -0.39 is 0 Å². The highest BCUT2D eigenvalue weighted by atomic mass is 35.5. The van der Waals surface area contributed by atoms with Gasteiger partial charge in [-0.3, -0.25) is 4.90 Å². The number of nitrogens with zero attached hydrogens (tertiary/aromatic N) is 2. The van der Waals surface area contributed by atoms with Crippen LogP contribution in [0.5, 0.6) is 0 Å². The predicted octanol–water partition coefficient (Wildman–Crippen LogP) is 4.45. The van der Waals surface area contributed by atoms with Crippen LogP contribution in [0, 0.1) is 5.82 Å². The highest BCUT2D eigenvalue weighted by Crippen LogP contribution is 2.24. The molecule has 0 unspecified atom stereocenters. The van der Waals surface area contributed by atoms with E-state index >= 15 is 0 Å². The Morgan fingerprint density at radius 1 is 0.955 bits per heavy atom. The van der Waals surface area contributed by atoms with Gasteiger partial charge in [0.1, 0.15) is 5.82 Å². The van der Waals surface area contributed by atoms with Gasteiger partial charge in [-0.05, 0) is 30.3 Å². The molecule has 0 N–H and O–H groups in total. The van der Waals surface area contributed by atoms with Gasteiger partial charge in [0.2, 0.25) is 0 Å². The fourth-order valence-electron chi connectivity index (χ4n) is 2.74. The summed E-state index contributed by atoms with van der Waals surface area (Å²) in [5, 5.41) is 1.25. The molecule has 5 heteroatoms. The molecule has 1 heterocycles. The SMILES string of the molecule is Fc1cccc(Cl)c1CN1CCN(c2cccc(Cl)c2)CC1. The molecule has 0 aliphatic carbocycles. The standard InChI is InChI=1S/C17H17Cl2FN2/c18-13-3-1-4-14(11-13)22-9-7-21(8-10-22)12-15-16(19)5-2-6-17(15)20/h1-6,11H,7-10,12H2. The van der Waals surface area contributed by atoms with Gasteiger partial charge in [0.25, 0.3) is 0 Å². The van der Waals surface area contributed by atoms with E-state index in [-0.39, 0.29) is 5.82 Å². The van der Waals surface area contributed by atoms with Gasteiger partial charge in [0.15, 0.2) is 0 Å². The number of hydrogen-bond donors (Lipinski definition) is 0. The first-order chi connectivity index (χ1) is 10.6. The van der Waals surface area contributed by atoms with E-state index in [0.29, 0.717) is 17.1 Å². The summed E-state index contributed by atoms with van der Waals surface area (Å²) < 4.78 is 13.9. The molecule has 0 amide bonds. The quantitative estimate of drug-likeness (QED) is 0.815. The minimum atomic E-state index is -0.232. The largest absolute Gasteiger partial charge is 0.369 e. The summed E-state index contributed by atoms with van der Waals surface area (Å²) in [5.74, 6) is -0.232. The van der Waals surface area contributed by atoms with Gasteiger partial charge < -0.3 is 4.90 Å². The first-order valence-corrected chi connectivity index (χ1v) is 8.05. The summed E-state index contributed by atoms with van der Waals surface area (Å²) in [6, 6.07) is 12.7. The third kappa shape index (κ3) is 3.54. The minimum Gasteiger partial charge on any atom is -0.369 e. The molecule has 2 aromatic carbocycles. The fraction of sp³-hybridized carbons (Fsp3) is 0.294. The molecule has 0 atom stereocenters. The van der Waals surface area contributed by atoms with E-state index in [1.165, 1.54) is 6.07 Å². The van der Waals surface area contributed by atoms with Crippen molar-refractivity contribution in [2.75, 3.05) is 31.1 Å². The van der Waals surface area contributed by atoms with E-state index in [1.807, 2.05) is 18.2 Å². The Kier molecular flexibility index (Phi) is 4.87. The van der Waals surface area contributed by atoms with Crippen LogP contribution >= 0.6 is 23.2 Å². The fourth-order valence-corrected chi connectivity index (χ4v) is 3.15. The average molecular weight is 339 g/mol.